The Morgan fingerprint density at radius 2 is 1.91 bits per heavy atom. The summed E-state index contributed by atoms with van der Waals surface area (Å²) in [5, 5.41) is 0. The maximum absolute atomic E-state index is 13.1. The number of carbonyl (C=O) groups is 1. The van der Waals surface area contributed by atoms with E-state index in [1.54, 1.807) is 0 Å². The third kappa shape index (κ3) is 2.84. The van der Waals surface area contributed by atoms with Crippen LogP contribution in [0, 0.1) is 11.8 Å². The fraction of sp³-hybridized carbons (Fsp3) is 0.550. The number of nitrogens with zero attached hydrogens (tertiary/aromatic N) is 1. The molecule has 1 aromatic carbocycles. The van der Waals surface area contributed by atoms with E-state index in [1.807, 2.05) is 6.07 Å². The predicted octanol–water partition coefficient (Wildman–Crippen LogP) is 4.31. The second-order valence-corrected chi connectivity index (χ2v) is 7.27. The largest absolute Gasteiger partial charge is 0.332 e. The zero-order valence-corrected chi connectivity index (χ0v) is 13.2. The van der Waals surface area contributed by atoms with Gasteiger partial charge in [0, 0.05) is 18.2 Å². The van der Waals surface area contributed by atoms with E-state index in [4.69, 9.17) is 0 Å². The Hall–Kier alpha value is -1.57. The van der Waals surface area contributed by atoms with Gasteiger partial charge in [-0.15, -0.1) is 0 Å². The number of allylic oxidation sites excluding steroid dienone is 1. The highest BCUT2D eigenvalue weighted by Crippen LogP contribution is 2.41. The van der Waals surface area contributed by atoms with Crippen molar-refractivity contribution in [1.29, 1.82) is 0 Å². The Morgan fingerprint density at radius 1 is 1.09 bits per heavy atom. The first kappa shape index (κ1) is 14.0. The van der Waals surface area contributed by atoms with E-state index in [0.29, 0.717) is 17.9 Å². The molecule has 2 unspecified atom stereocenters. The van der Waals surface area contributed by atoms with Gasteiger partial charge >= 0.3 is 0 Å². The van der Waals surface area contributed by atoms with E-state index in [2.05, 4.69) is 35.2 Å². The summed E-state index contributed by atoms with van der Waals surface area (Å²) in [6.45, 7) is 0.776. The van der Waals surface area contributed by atoms with Crippen molar-refractivity contribution in [1.82, 2.24) is 4.90 Å². The molecule has 0 saturated heterocycles. The summed E-state index contributed by atoms with van der Waals surface area (Å²) < 4.78 is 0. The van der Waals surface area contributed by atoms with Crippen molar-refractivity contribution in [2.45, 2.75) is 57.5 Å². The maximum Gasteiger partial charge on any atom is 0.250 e. The van der Waals surface area contributed by atoms with Gasteiger partial charge in [-0.05, 0) is 49.5 Å². The molecule has 2 saturated carbocycles. The molecule has 0 spiro atoms. The third-order valence-corrected chi connectivity index (χ3v) is 5.58. The first-order chi connectivity index (χ1) is 10.8. The van der Waals surface area contributed by atoms with E-state index in [1.165, 1.54) is 44.1 Å². The van der Waals surface area contributed by atoms with Gasteiger partial charge in [0.25, 0.3) is 0 Å². The van der Waals surface area contributed by atoms with Gasteiger partial charge in [0.2, 0.25) is 5.91 Å². The summed E-state index contributed by atoms with van der Waals surface area (Å²) in [5.41, 5.74) is 2.39. The van der Waals surface area contributed by atoms with Gasteiger partial charge in [0.1, 0.15) is 0 Å². The highest BCUT2D eigenvalue weighted by atomic mass is 16.2. The van der Waals surface area contributed by atoms with Crippen molar-refractivity contribution in [3.8, 4) is 0 Å². The standard InChI is InChI=1S/C20H25NO/c22-20(19-12-9-15-7-4-8-17(19)13-15)21(18-10-11-18)14-16-5-2-1-3-6-16/h1-3,5-6,12,15,17-18H,4,7-11,13-14H2. The van der Waals surface area contributed by atoms with E-state index >= 15 is 0 Å². The summed E-state index contributed by atoms with van der Waals surface area (Å²) in [6.07, 6.45) is 10.9. The molecule has 0 aromatic heterocycles. The fourth-order valence-corrected chi connectivity index (χ4v) is 4.21. The van der Waals surface area contributed by atoms with Crippen LogP contribution in [-0.2, 0) is 11.3 Å². The van der Waals surface area contributed by atoms with E-state index in [9.17, 15) is 4.79 Å². The molecule has 2 bridgehead atoms. The second-order valence-electron chi connectivity index (χ2n) is 7.27. The molecule has 116 valence electrons. The fourth-order valence-electron chi connectivity index (χ4n) is 4.21. The Morgan fingerprint density at radius 3 is 2.68 bits per heavy atom. The Kier molecular flexibility index (Phi) is 3.77. The number of hydrogen-bond donors (Lipinski definition) is 0. The molecule has 4 rings (SSSR count). The number of amides is 1. The average molecular weight is 295 g/mol. The van der Waals surface area contributed by atoms with Crippen molar-refractivity contribution in [3.63, 3.8) is 0 Å². The molecule has 22 heavy (non-hydrogen) atoms. The van der Waals surface area contributed by atoms with Gasteiger partial charge in [0.05, 0.1) is 0 Å². The van der Waals surface area contributed by atoms with Crippen LogP contribution >= 0.6 is 0 Å². The third-order valence-electron chi connectivity index (χ3n) is 5.58. The minimum absolute atomic E-state index is 0.330. The molecule has 2 nitrogen and oxygen atoms in total. The van der Waals surface area contributed by atoms with Crippen LogP contribution in [0.5, 0.6) is 0 Å². The molecule has 0 radical (unpaired) electrons. The van der Waals surface area contributed by atoms with Crippen LogP contribution in [0.4, 0.5) is 0 Å². The molecule has 2 fully saturated rings. The van der Waals surface area contributed by atoms with Crippen LogP contribution < -0.4 is 0 Å². The van der Waals surface area contributed by atoms with Crippen molar-refractivity contribution >= 4 is 5.91 Å². The molecular weight excluding hydrogens is 270 g/mol. The minimum Gasteiger partial charge on any atom is -0.332 e. The lowest BCUT2D eigenvalue weighted by molar-refractivity contribution is -0.129. The molecule has 0 N–H and O–H groups in total. The summed E-state index contributed by atoms with van der Waals surface area (Å²) in [7, 11) is 0. The van der Waals surface area contributed by atoms with Gasteiger partial charge in [-0.1, -0.05) is 49.2 Å². The summed E-state index contributed by atoms with van der Waals surface area (Å²) in [4.78, 5) is 15.3. The normalized spacial score (nSPS) is 27.2. The molecule has 3 aliphatic rings. The molecule has 3 aliphatic carbocycles. The van der Waals surface area contributed by atoms with Crippen LogP contribution in [0.25, 0.3) is 0 Å². The zero-order chi connectivity index (χ0) is 14.9. The van der Waals surface area contributed by atoms with Gasteiger partial charge < -0.3 is 4.90 Å². The lowest BCUT2D eigenvalue weighted by Gasteiger charge is -2.36. The van der Waals surface area contributed by atoms with Crippen LogP contribution in [0.1, 0.15) is 50.5 Å². The second kappa shape index (κ2) is 5.91. The summed E-state index contributed by atoms with van der Waals surface area (Å²) in [5.74, 6) is 1.72. The van der Waals surface area contributed by atoms with Crippen molar-refractivity contribution in [2.75, 3.05) is 0 Å². The smallest absolute Gasteiger partial charge is 0.250 e. The molecule has 1 amide bonds. The number of fused-ring (bicyclic) bond motifs is 2. The highest BCUT2D eigenvalue weighted by Gasteiger charge is 2.38. The molecule has 1 aromatic rings. The van der Waals surface area contributed by atoms with Gasteiger partial charge in [0.15, 0.2) is 0 Å². The predicted molar refractivity (Wildman–Crippen MR) is 88.2 cm³/mol. The van der Waals surface area contributed by atoms with Gasteiger partial charge in [-0.3, -0.25) is 4.79 Å². The number of carbonyl (C=O) groups excluding carboxylic acids is 1. The number of hydrogen-bond acceptors (Lipinski definition) is 1. The Balaban J connectivity index is 1.53. The first-order valence-corrected chi connectivity index (χ1v) is 8.86. The summed E-state index contributed by atoms with van der Waals surface area (Å²) in [6, 6.07) is 10.9. The van der Waals surface area contributed by atoms with E-state index < -0.39 is 0 Å². The van der Waals surface area contributed by atoms with E-state index in [0.717, 1.165) is 24.5 Å². The highest BCUT2D eigenvalue weighted by molar-refractivity contribution is 5.94. The lowest BCUT2D eigenvalue weighted by Crippen LogP contribution is -2.37. The molecule has 0 aliphatic heterocycles. The quantitative estimate of drug-likeness (QED) is 0.810. The SMILES string of the molecule is O=C(C1=CCC2CCCC1C2)N(Cc1ccccc1)C1CC1. The molecule has 2 atom stereocenters. The summed E-state index contributed by atoms with van der Waals surface area (Å²) >= 11 is 0. The molecule has 0 heterocycles. The van der Waals surface area contributed by atoms with Gasteiger partial charge in [-0.2, -0.15) is 0 Å². The monoisotopic (exact) mass is 295 g/mol. The van der Waals surface area contributed by atoms with Crippen LogP contribution in [0.3, 0.4) is 0 Å². The zero-order valence-electron chi connectivity index (χ0n) is 13.2. The van der Waals surface area contributed by atoms with E-state index in [-0.39, 0.29) is 0 Å². The Bertz CT molecular complexity index is 573. The topological polar surface area (TPSA) is 20.3 Å². The van der Waals surface area contributed by atoms with Crippen molar-refractivity contribution < 1.29 is 4.79 Å². The Labute approximate surface area is 133 Å². The van der Waals surface area contributed by atoms with Crippen molar-refractivity contribution in [3.05, 3.63) is 47.5 Å². The van der Waals surface area contributed by atoms with Crippen LogP contribution in [0.2, 0.25) is 0 Å². The first-order valence-electron chi connectivity index (χ1n) is 8.86. The van der Waals surface area contributed by atoms with Crippen molar-refractivity contribution in [2.24, 2.45) is 11.8 Å². The van der Waals surface area contributed by atoms with Crippen LogP contribution in [0.15, 0.2) is 42.0 Å². The minimum atomic E-state index is 0.330. The van der Waals surface area contributed by atoms with Crippen LogP contribution in [-0.4, -0.2) is 16.8 Å². The average Bonchev–Trinajstić information content (AvgIpc) is 3.38. The van der Waals surface area contributed by atoms with Gasteiger partial charge in [-0.25, -0.2) is 0 Å². The lowest BCUT2D eigenvalue weighted by atomic mass is 9.72. The number of benzene rings is 1. The molecular formula is C20H25NO. The molecule has 2 heteroatoms. The number of rotatable bonds is 4. The maximum atomic E-state index is 13.1.